The number of carbonyl (C=O) groups is 2. The fourth-order valence-electron chi connectivity index (χ4n) is 3.54. The molecule has 0 spiro atoms. The van der Waals surface area contributed by atoms with E-state index in [0.717, 1.165) is 46.3 Å². The molecule has 2 amide bonds. The first kappa shape index (κ1) is 18.3. The van der Waals surface area contributed by atoms with Gasteiger partial charge >= 0.3 is 0 Å². The molecule has 0 radical (unpaired) electrons. The second kappa shape index (κ2) is 7.50. The zero-order valence-corrected chi connectivity index (χ0v) is 16.2. The quantitative estimate of drug-likeness (QED) is 0.603. The molecular formula is C23H25N3O2. The molecule has 0 bridgehead atoms. The van der Waals surface area contributed by atoms with Crippen LogP contribution in [0.25, 0.3) is 10.9 Å². The number of hydrogen-bond acceptors (Lipinski definition) is 2. The number of carbonyl (C=O) groups excluding carboxylic acids is 2. The largest absolute Gasteiger partial charge is 0.358 e. The summed E-state index contributed by atoms with van der Waals surface area (Å²) in [6.07, 6.45) is 2.32. The summed E-state index contributed by atoms with van der Waals surface area (Å²) in [6, 6.07) is 15.6. The van der Waals surface area contributed by atoms with E-state index in [-0.39, 0.29) is 23.8 Å². The van der Waals surface area contributed by atoms with Gasteiger partial charge < -0.3 is 15.6 Å². The third-order valence-electron chi connectivity index (χ3n) is 5.37. The van der Waals surface area contributed by atoms with Crippen LogP contribution in [0.3, 0.4) is 0 Å². The van der Waals surface area contributed by atoms with Gasteiger partial charge in [-0.3, -0.25) is 9.59 Å². The van der Waals surface area contributed by atoms with Gasteiger partial charge in [0, 0.05) is 28.2 Å². The lowest BCUT2D eigenvalue weighted by Gasteiger charge is -2.15. The number of anilines is 1. The third kappa shape index (κ3) is 3.93. The number of amides is 2. The Morgan fingerprint density at radius 3 is 2.54 bits per heavy atom. The van der Waals surface area contributed by atoms with E-state index < -0.39 is 0 Å². The van der Waals surface area contributed by atoms with Crippen LogP contribution in [0.15, 0.2) is 48.5 Å². The zero-order chi connectivity index (χ0) is 19.7. The fourth-order valence-corrected chi connectivity index (χ4v) is 3.54. The summed E-state index contributed by atoms with van der Waals surface area (Å²) in [6.45, 7) is 3.97. The third-order valence-corrected chi connectivity index (χ3v) is 5.37. The van der Waals surface area contributed by atoms with Crippen molar-refractivity contribution in [3.63, 3.8) is 0 Å². The van der Waals surface area contributed by atoms with E-state index in [9.17, 15) is 9.59 Å². The molecular weight excluding hydrogens is 350 g/mol. The van der Waals surface area contributed by atoms with E-state index >= 15 is 0 Å². The summed E-state index contributed by atoms with van der Waals surface area (Å²) in [4.78, 5) is 27.8. The highest BCUT2D eigenvalue weighted by molar-refractivity contribution is 5.94. The number of fused-ring (bicyclic) bond motifs is 1. The average molecular weight is 375 g/mol. The van der Waals surface area contributed by atoms with E-state index in [1.54, 1.807) is 0 Å². The molecule has 1 atom stereocenters. The summed E-state index contributed by atoms with van der Waals surface area (Å²) in [7, 11) is 0. The standard InChI is InChI=1S/C23H25N3O2/c1-14(16-9-11-18(12-10-16)26-23(28)17-7-8-17)25-22(27)13-20-15(2)24-21-6-4-3-5-19(20)21/h3-6,9-12,14,17,24H,7-8,13H2,1-2H3,(H,25,27)(H,26,28). The highest BCUT2D eigenvalue weighted by Gasteiger charge is 2.29. The van der Waals surface area contributed by atoms with Crippen molar-refractivity contribution in [1.82, 2.24) is 10.3 Å². The Labute approximate surface area is 164 Å². The van der Waals surface area contributed by atoms with Crippen molar-refractivity contribution in [2.75, 3.05) is 5.32 Å². The van der Waals surface area contributed by atoms with E-state index in [2.05, 4.69) is 15.6 Å². The van der Waals surface area contributed by atoms with Crippen molar-refractivity contribution in [2.45, 2.75) is 39.2 Å². The van der Waals surface area contributed by atoms with Crippen LogP contribution in [0.1, 0.15) is 42.6 Å². The molecule has 5 nitrogen and oxygen atoms in total. The number of benzene rings is 2. The molecule has 2 aromatic carbocycles. The normalized spacial score (nSPS) is 14.6. The maximum Gasteiger partial charge on any atom is 0.227 e. The molecule has 1 unspecified atom stereocenters. The van der Waals surface area contributed by atoms with Crippen LogP contribution >= 0.6 is 0 Å². The lowest BCUT2D eigenvalue weighted by Crippen LogP contribution is -2.28. The second-order valence-electron chi connectivity index (χ2n) is 7.63. The molecule has 5 heteroatoms. The number of para-hydroxylation sites is 1. The van der Waals surface area contributed by atoms with Gasteiger partial charge in [0.1, 0.15) is 0 Å². The molecule has 3 aromatic rings. The monoisotopic (exact) mass is 375 g/mol. The van der Waals surface area contributed by atoms with Crippen molar-refractivity contribution in [3.05, 3.63) is 65.4 Å². The summed E-state index contributed by atoms with van der Waals surface area (Å²) < 4.78 is 0. The maximum absolute atomic E-state index is 12.6. The van der Waals surface area contributed by atoms with Crippen LogP contribution in [0, 0.1) is 12.8 Å². The van der Waals surface area contributed by atoms with Gasteiger partial charge in [-0.15, -0.1) is 0 Å². The number of aryl methyl sites for hydroxylation is 1. The van der Waals surface area contributed by atoms with Crippen molar-refractivity contribution in [3.8, 4) is 0 Å². The number of hydrogen-bond donors (Lipinski definition) is 3. The SMILES string of the molecule is Cc1[nH]c2ccccc2c1CC(=O)NC(C)c1ccc(NC(=O)C2CC2)cc1. The molecule has 1 aromatic heterocycles. The molecule has 1 fully saturated rings. The fraction of sp³-hybridized carbons (Fsp3) is 0.304. The van der Waals surface area contributed by atoms with Gasteiger partial charge in [-0.2, -0.15) is 0 Å². The average Bonchev–Trinajstić information content (AvgIpc) is 3.48. The van der Waals surface area contributed by atoms with Crippen LogP contribution in [-0.4, -0.2) is 16.8 Å². The first-order valence-electron chi connectivity index (χ1n) is 9.77. The van der Waals surface area contributed by atoms with Crippen molar-refractivity contribution in [2.24, 2.45) is 5.92 Å². The Bertz CT molecular complexity index is 1020. The van der Waals surface area contributed by atoms with Gasteiger partial charge in [-0.05, 0) is 56.0 Å². The van der Waals surface area contributed by atoms with Crippen LogP contribution in [-0.2, 0) is 16.0 Å². The molecule has 28 heavy (non-hydrogen) atoms. The van der Waals surface area contributed by atoms with E-state index in [0.29, 0.717) is 6.42 Å². The summed E-state index contributed by atoms with van der Waals surface area (Å²) >= 11 is 0. The van der Waals surface area contributed by atoms with Crippen molar-refractivity contribution >= 4 is 28.4 Å². The molecule has 1 aliphatic rings. The molecule has 1 heterocycles. The Kier molecular flexibility index (Phi) is 4.90. The van der Waals surface area contributed by atoms with Crippen molar-refractivity contribution < 1.29 is 9.59 Å². The minimum atomic E-state index is -0.105. The summed E-state index contributed by atoms with van der Waals surface area (Å²) in [5.74, 6) is 0.278. The predicted molar refractivity (Wildman–Crippen MR) is 111 cm³/mol. The topological polar surface area (TPSA) is 74.0 Å². The molecule has 4 rings (SSSR count). The van der Waals surface area contributed by atoms with Crippen molar-refractivity contribution in [1.29, 1.82) is 0 Å². The molecule has 0 aliphatic heterocycles. The number of H-pyrrole nitrogens is 1. The van der Waals surface area contributed by atoms with Gasteiger partial charge in [0.25, 0.3) is 0 Å². The number of nitrogens with one attached hydrogen (secondary N) is 3. The van der Waals surface area contributed by atoms with Gasteiger partial charge in [-0.1, -0.05) is 30.3 Å². The first-order valence-corrected chi connectivity index (χ1v) is 9.77. The molecule has 144 valence electrons. The van der Waals surface area contributed by atoms with Crippen LogP contribution in [0.4, 0.5) is 5.69 Å². The Balaban J connectivity index is 1.38. The maximum atomic E-state index is 12.6. The predicted octanol–water partition coefficient (Wildman–Crippen LogP) is 4.24. The second-order valence-corrected chi connectivity index (χ2v) is 7.63. The Hall–Kier alpha value is -3.08. The number of aromatic nitrogens is 1. The van der Waals surface area contributed by atoms with Crippen LogP contribution in [0.2, 0.25) is 0 Å². The lowest BCUT2D eigenvalue weighted by molar-refractivity contribution is -0.121. The van der Waals surface area contributed by atoms with E-state index in [1.165, 1.54) is 0 Å². The Morgan fingerprint density at radius 2 is 1.82 bits per heavy atom. The van der Waals surface area contributed by atoms with Gasteiger partial charge in [0.2, 0.25) is 11.8 Å². The Morgan fingerprint density at radius 1 is 1.11 bits per heavy atom. The smallest absolute Gasteiger partial charge is 0.227 e. The zero-order valence-electron chi connectivity index (χ0n) is 16.2. The van der Waals surface area contributed by atoms with Gasteiger partial charge in [0.15, 0.2) is 0 Å². The lowest BCUT2D eigenvalue weighted by atomic mass is 10.1. The van der Waals surface area contributed by atoms with Gasteiger partial charge in [0.05, 0.1) is 12.5 Å². The molecule has 1 saturated carbocycles. The highest BCUT2D eigenvalue weighted by Crippen LogP contribution is 2.30. The molecule has 1 aliphatic carbocycles. The first-order chi connectivity index (χ1) is 13.5. The van der Waals surface area contributed by atoms with E-state index in [4.69, 9.17) is 0 Å². The molecule has 0 saturated heterocycles. The summed E-state index contributed by atoms with van der Waals surface area (Å²) in [5.41, 5.74) is 4.93. The number of rotatable bonds is 6. The van der Waals surface area contributed by atoms with Crippen LogP contribution < -0.4 is 10.6 Å². The highest BCUT2D eigenvalue weighted by atomic mass is 16.2. The summed E-state index contributed by atoms with van der Waals surface area (Å²) in [5, 5.41) is 7.10. The minimum absolute atomic E-state index is 0.00790. The van der Waals surface area contributed by atoms with Gasteiger partial charge in [-0.25, -0.2) is 0 Å². The molecule has 3 N–H and O–H groups in total. The number of aromatic amines is 1. The van der Waals surface area contributed by atoms with E-state index in [1.807, 2.05) is 62.4 Å². The van der Waals surface area contributed by atoms with Crippen LogP contribution in [0.5, 0.6) is 0 Å². The minimum Gasteiger partial charge on any atom is -0.358 e.